The van der Waals surface area contributed by atoms with Gasteiger partial charge in [-0.1, -0.05) is 12.1 Å². The first-order valence-corrected chi connectivity index (χ1v) is 5.94. The van der Waals surface area contributed by atoms with E-state index in [1.54, 1.807) is 12.1 Å². The molecule has 1 aromatic carbocycles. The van der Waals surface area contributed by atoms with E-state index in [9.17, 15) is 13.2 Å². The molecule has 0 aliphatic heterocycles. The Balaban J connectivity index is 1.86. The highest BCUT2D eigenvalue weighted by molar-refractivity contribution is 6.28. The van der Waals surface area contributed by atoms with E-state index in [1.165, 1.54) is 12.1 Å². The molecule has 0 spiro atoms. The van der Waals surface area contributed by atoms with Crippen LogP contribution in [0.25, 0.3) is 0 Å². The quantitative estimate of drug-likeness (QED) is 0.910. The fourth-order valence-electron chi connectivity index (χ4n) is 1.59. The van der Waals surface area contributed by atoms with Gasteiger partial charge in [-0.25, -0.2) is 0 Å². The van der Waals surface area contributed by atoms with Crippen LogP contribution >= 0.6 is 11.6 Å². The summed E-state index contributed by atoms with van der Waals surface area (Å²) in [4.78, 5) is 0. The van der Waals surface area contributed by atoms with Crippen molar-refractivity contribution in [2.45, 2.75) is 19.3 Å². The van der Waals surface area contributed by atoms with Crippen LogP contribution in [0.2, 0.25) is 5.22 Å². The molecule has 0 unspecified atom stereocenters. The van der Waals surface area contributed by atoms with Crippen molar-refractivity contribution in [3.8, 4) is 0 Å². The molecule has 1 aromatic heterocycles. The third-order valence-corrected chi connectivity index (χ3v) is 2.74. The number of nitrogens with one attached hydrogen (secondary N) is 1. The minimum atomic E-state index is -4.29. The van der Waals surface area contributed by atoms with Crippen molar-refractivity contribution in [2.24, 2.45) is 0 Å². The lowest BCUT2D eigenvalue weighted by Gasteiger charge is -2.08. The van der Waals surface area contributed by atoms with E-state index < -0.39 is 11.7 Å². The Bertz CT molecular complexity index is 534. The number of benzene rings is 1. The van der Waals surface area contributed by atoms with Crippen molar-refractivity contribution in [3.05, 3.63) is 58.5 Å². The van der Waals surface area contributed by atoms with Crippen LogP contribution in [-0.2, 0) is 19.3 Å². The van der Waals surface area contributed by atoms with Gasteiger partial charge in [0.15, 0.2) is 5.22 Å². The number of alkyl halides is 3. The maximum Gasteiger partial charge on any atom is 0.416 e. The summed E-state index contributed by atoms with van der Waals surface area (Å²) in [6, 6.07) is 8.41. The monoisotopic (exact) mass is 289 g/mol. The Morgan fingerprint density at radius 3 is 2.21 bits per heavy atom. The zero-order valence-electron chi connectivity index (χ0n) is 9.80. The number of furan rings is 1. The molecule has 2 aromatic rings. The molecule has 0 fully saturated rings. The maximum absolute atomic E-state index is 12.4. The Hall–Kier alpha value is -1.46. The second-order valence-corrected chi connectivity index (χ2v) is 4.38. The molecule has 0 radical (unpaired) electrons. The van der Waals surface area contributed by atoms with Crippen molar-refractivity contribution >= 4 is 11.6 Å². The van der Waals surface area contributed by atoms with Gasteiger partial charge in [-0.05, 0) is 41.4 Å². The van der Waals surface area contributed by atoms with Crippen molar-refractivity contribution < 1.29 is 17.6 Å². The van der Waals surface area contributed by atoms with Gasteiger partial charge in [0.05, 0.1) is 12.1 Å². The van der Waals surface area contributed by atoms with Crippen LogP contribution in [-0.4, -0.2) is 0 Å². The Morgan fingerprint density at radius 1 is 1.00 bits per heavy atom. The summed E-state index contributed by atoms with van der Waals surface area (Å²) in [5.74, 6) is 0.678. The Morgan fingerprint density at radius 2 is 1.68 bits per heavy atom. The highest BCUT2D eigenvalue weighted by Gasteiger charge is 2.29. The van der Waals surface area contributed by atoms with E-state index in [-0.39, 0.29) is 0 Å². The Labute approximate surface area is 113 Å². The smallest absolute Gasteiger partial charge is 0.416 e. The summed E-state index contributed by atoms with van der Waals surface area (Å²) in [5.41, 5.74) is 0.125. The van der Waals surface area contributed by atoms with Gasteiger partial charge < -0.3 is 9.73 Å². The van der Waals surface area contributed by atoms with E-state index in [0.717, 1.165) is 17.7 Å². The van der Waals surface area contributed by atoms with Gasteiger partial charge in [0.1, 0.15) is 5.76 Å². The standard InChI is InChI=1S/C13H11ClF3NO/c14-12-6-5-11(19-12)8-18-7-9-1-3-10(4-2-9)13(15,16)17/h1-6,18H,7-8H2. The molecule has 6 heteroatoms. The molecule has 102 valence electrons. The van der Waals surface area contributed by atoms with E-state index >= 15 is 0 Å². The first-order chi connectivity index (χ1) is 8.95. The van der Waals surface area contributed by atoms with Crippen molar-refractivity contribution in [3.63, 3.8) is 0 Å². The van der Waals surface area contributed by atoms with Gasteiger partial charge in [0.25, 0.3) is 0 Å². The predicted molar refractivity (Wildman–Crippen MR) is 65.7 cm³/mol. The first kappa shape index (κ1) is 14.0. The van der Waals surface area contributed by atoms with Crippen molar-refractivity contribution in [2.75, 3.05) is 0 Å². The third kappa shape index (κ3) is 4.01. The average Bonchev–Trinajstić information content (AvgIpc) is 2.75. The zero-order chi connectivity index (χ0) is 13.9. The number of hydrogen-bond acceptors (Lipinski definition) is 2. The molecule has 19 heavy (non-hydrogen) atoms. The highest BCUT2D eigenvalue weighted by atomic mass is 35.5. The van der Waals surface area contributed by atoms with Crippen LogP contribution in [0, 0.1) is 0 Å². The lowest BCUT2D eigenvalue weighted by Crippen LogP contribution is -2.12. The lowest BCUT2D eigenvalue weighted by atomic mass is 10.1. The molecular formula is C13H11ClF3NO. The molecule has 2 nitrogen and oxygen atoms in total. The second-order valence-electron chi connectivity index (χ2n) is 4.00. The molecule has 0 amide bonds. The van der Waals surface area contributed by atoms with Gasteiger partial charge in [0, 0.05) is 6.54 Å². The van der Waals surface area contributed by atoms with Crippen molar-refractivity contribution in [1.29, 1.82) is 0 Å². The summed E-state index contributed by atoms with van der Waals surface area (Å²) < 4.78 is 42.2. The number of halogens is 4. The molecule has 0 saturated carbocycles. The van der Waals surface area contributed by atoms with E-state index in [0.29, 0.717) is 24.1 Å². The maximum atomic E-state index is 12.4. The van der Waals surface area contributed by atoms with Crippen LogP contribution in [0.3, 0.4) is 0 Å². The van der Waals surface area contributed by atoms with Gasteiger partial charge in [-0.2, -0.15) is 13.2 Å². The normalized spacial score (nSPS) is 11.8. The summed E-state index contributed by atoms with van der Waals surface area (Å²) in [7, 11) is 0. The molecule has 0 aliphatic carbocycles. The number of hydrogen-bond donors (Lipinski definition) is 1. The first-order valence-electron chi connectivity index (χ1n) is 5.56. The minimum absolute atomic E-state index is 0.311. The van der Waals surface area contributed by atoms with Gasteiger partial charge >= 0.3 is 6.18 Å². The van der Waals surface area contributed by atoms with Crippen LogP contribution in [0.4, 0.5) is 13.2 Å². The molecular weight excluding hydrogens is 279 g/mol. The van der Waals surface area contributed by atoms with Gasteiger partial charge in [0.2, 0.25) is 0 Å². The molecule has 0 aliphatic rings. The van der Waals surface area contributed by atoms with E-state index in [4.69, 9.17) is 16.0 Å². The summed E-state index contributed by atoms with van der Waals surface area (Å²) in [6.07, 6.45) is -4.29. The summed E-state index contributed by atoms with van der Waals surface area (Å²) >= 11 is 5.62. The second kappa shape index (κ2) is 5.67. The largest absolute Gasteiger partial charge is 0.448 e. The van der Waals surface area contributed by atoms with Crippen LogP contribution in [0.5, 0.6) is 0 Å². The predicted octanol–water partition coefficient (Wildman–Crippen LogP) is 4.24. The van der Waals surface area contributed by atoms with E-state index in [1.807, 2.05) is 0 Å². The fourth-order valence-corrected chi connectivity index (χ4v) is 1.75. The third-order valence-electron chi connectivity index (χ3n) is 2.54. The molecule has 0 bridgehead atoms. The fraction of sp³-hybridized carbons (Fsp3) is 0.231. The topological polar surface area (TPSA) is 25.2 Å². The van der Waals surface area contributed by atoms with Gasteiger partial charge in [-0.15, -0.1) is 0 Å². The number of rotatable bonds is 4. The zero-order valence-corrected chi connectivity index (χ0v) is 10.6. The van der Waals surface area contributed by atoms with Crippen LogP contribution < -0.4 is 5.32 Å². The SMILES string of the molecule is FC(F)(F)c1ccc(CNCc2ccc(Cl)o2)cc1. The van der Waals surface area contributed by atoms with Crippen LogP contribution in [0.15, 0.2) is 40.8 Å². The van der Waals surface area contributed by atoms with Gasteiger partial charge in [-0.3, -0.25) is 0 Å². The van der Waals surface area contributed by atoms with Crippen molar-refractivity contribution in [1.82, 2.24) is 5.32 Å². The molecule has 1 heterocycles. The van der Waals surface area contributed by atoms with Crippen LogP contribution in [0.1, 0.15) is 16.9 Å². The summed E-state index contributed by atoms with van der Waals surface area (Å²) in [5, 5.41) is 3.37. The van der Waals surface area contributed by atoms with E-state index in [2.05, 4.69) is 5.32 Å². The lowest BCUT2D eigenvalue weighted by molar-refractivity contribution is -0.137. The summed E-state index contributed by atoms with van der Waals surface area (Å²) in [6.45, 7) is 0.921. The Kier molecular flexibility index (Phi) is 4.17. The average molecular weight is 290 g/mol. The highest BCUT2D eigenvalue weighted by Crippen LogP contribution is 2.29. The molecule has 2 rings (SSSR count). The molecule has 0 saturated heterocycles. The molecule has 1 N–H and O–H groups in total. The molecule has 0 atom stereocenters. The minimum Gasteiger partial charge on any atom is -0.448 e.